The van der Waals surface area contributed by atoms with Crippen molar-refractivity contribution in [3.63, 3.8) is 0 Å². The minimum atomic E-state index is -0.405. The van der Waals surface area contributed by atoms with Gasteiger partial charge in [-0.3, -0.25) is 4.79 Å². The Morgan fingerprint density at radius 3 is 2.21 bits per heavy atom. The maximum atomic E-state index is 12.4. The number of benzene rings is 1. The molecule has 1 aromatic rings. The summed E-state index contributed by atoms with van der Waals surface area (Å²) in [6.07, 6.45) is 0.777. The predicted octanol–water partition coefficient (Wildman–Crippen LogP) is 2.69. The van der Waals surface area contributed by atoms with E-state index < -0.39 is 6.03 Å². The molecule has 0 saturated carbocycles. The number of nitrogens with two attached hydrogens (primary N) is 1. The first-order valence-electron chi connectivity index (χ1n) is 8.33. The second-order valence-electron chi connectivity index (χ2n) is 7.12. The van der Waals surface area contributed by atoms with Gasteiger partial charge >= 0.3 is 6.03 Å². The Labute approximate surface area is 148 Å². The maximum Gasteiger partial charge on any atom is 0.314 e. The van der Waals surface area contributed by atoms with Crippen molar-refractivity contribution in [2.75, 3.05) is 31.9 Å². The summed E-state index contributed by atoms with van der Waals surface area (Å²) in [7, 11) is 0. The molecule has 1 fully saturated rings. The van der Waals surface area contributed by atoms with Gasteiger partial charge in [-0.05, 0) is 29.5 Å². The highest BCUT2D eigenvalue weighted by atomic mass is 32.2. The Kier molecular flexibility index (Phi) is 6.15. The number of amides is 3. The molecule has 0 unspecified atom stereocenters. The number of nitrogens with zero attached hydrogens (tertiary/aromatic N) is 2. The molecule has 1 aromatic carbocycles. The summed E-state index contributed by atoms with van der Waals surface area (Å²) >= 11 is 1.56. The fourth-order valence-electron chi connectivity index (χ4n) is 2.67. The Hall–Kier alpha value is -1.69. The number of carbonyl (C=O) groups excluding carboxylic acids is 2. The second-order valence-corrected chi connectivity index (χ2v) is 8.17. The summed E-state index contributed by atoms with van der Waals surface area (Å²) in [5, 5.41) is 0. The lowest BCUT2D eigenvalue weighted by Gasteiger charge is -2.21. The van der Waals surface area contributed by atoms with E-state index in [4.69, 9.17) is 5.73 Å². The van der Waals surface area contributed by atoms with Gasteiger partial charge in [-0.25, -0.2) is 4.79 Å². The summed E-state index contributed by atoms with van der Waals surface area (Å²) in [6.45, 7) is 8.96. The van der Waals surface area contributed by atoms with Gasteiger partial charge < -0.3 is 15.5 Å². The van der Waals surface area contributed by atoms with Crippen LogP contribution in [0, 0.1) is 0 Å². The smallest absolute Gasteiger partial charge is 0.314 e. The van der Waals surface area contributed by atoms with Crippen LogP contribution in [0.5, 0.6) is 0 Å². The van der Waals surface area contributed by atoms with Crippen LogP contribution in [-0.4, -0.2) is 53.7 Å². The molecule has 1 aliphatic heterocycles. The molecule has 0 bridgehead atoms. The van der Waals surface area contributed by atoms with Crippen LogP contribution >= 0.6 is 11.8 Å². The third kappa shape index (κ3) is 5.16. The van der Waals surface area contributed by atoms with Gasteiger partial charge in [-0.1, -0.05) is 32.9 Å². The first-order chi connectivity index (χ1) is 11.3. The molecule has 1 aliphatic rings. The molecule has 1 saturated heterocycles. The number of carbonyl (C=O) groups is 2. The van der Waals surface area contributed by atoms with E-state index in [1.165, 1.54) is 5.56 Å². The average Bonchev–Trinajstić information content (AvgIpc) is 2.78. The van der Waals surface area contributed by atoms with E-state index in [0.29, 0.717) is 31.9 Å². The zero-order valence-corrected chi connectivity index (χ0v) is 15.6. The molecule has 24 heavy (non-hydrogen) atoms. The molecule has 0 radical (unpaired) electrons. The molecular formula is C18H27N3O2S. The molecular weight excluding hydrogens is 322 g/mol. The van der Waals surface area contributed by atoms with Gasteiger partial charge in [0.15, 0.2) is 0 Å². The minimum Gasteiger partial charge on any atom is -0.351 e. The monoisotopic (exact) mass is 349 g/mol. The van der Waals surface area contributed by atoms with Crippen LogP contribution < -0.4 is 5.73 Å². The molecule has 0 aliphatic carbocycles. The molecule has 2 N–H and O–H groups in total. The number of primary amides is 1. The number of thioether (sulfide) groups is 1. The quantitative estimate of drug-likeness (QED) is 0.853. The van der Waals surface area contributed by atoms with Crippen molar-refractivity contribution < 1.29 is 9.59 Å². The molecule has 3 amide bonds. The molecule has 0 atom stereocenters. The summed E-state index contributed by atoms with van der Waals surface area (Å²) < 4.78 is 0. The normalized spacial score (nSPS) is 16.0. The molecule has 132 valence electrons. The van der Waals surface area contributed by atoms with E-state index >= 15 is 0 Å². The SMILES string of the molecule is CC(C)(C)c1ccc(SCC(=O)N2CCCN(C(N)=O)CC2)cc1. The van der Waals surface area contributed by atoms with Crippen molar-refractivity contribution in [2.24, 2.45) is 5.73 Å². The van der Waals surface area contributed by atoms with Crippen molar-refractivity contribution in [3.8, 4) is 0 Å². The molecule has 0 spiro atoms. The van der Waals surface area contributed by atoms with Crippen LogP contribution in [0.1, 0.15) is 32.8 Å². The molecule has 6 heteroatoms. The largest absolute Gasteiger partial charge is 0.351 e. The predicted molar refractivity (Wildman–Crippen MR) is 98.2 cm³/mol. The highest BCUT2D eigenvalue weighted by Crippen LogP contribution is 2.25. The van der Waals surface area contributed by atoms with Gasteiger partial charge in [-0.2, -0.15) is 0 Å². The lowest BCUT2D eigenvalue weighted by atomic mass is 9.87. The van der Waals surface area contributed by atoms with E-state index in [1.807, 2.05) is 4.90 Å². The number of hydrogen-bond donors (Lipinski definition) is 1. The zero-order valence-electron chi connectivity index (χ0n) is 14.7. The number of rotatable bonds is 3. The van der Waals surface area contributed by atoms with E-state index in [1.54, 1.807) is 16.7 Å². The second kappa shape index (κ2) is 7.92. The van der Waals surface area contributed by atoms with E-state index in [-0.39, 0.29) is 11.3 Å². The van der Waals surface area contributed by atoms with Crippen molar-refractivity contribution in [1.82, 2.24) is 9.80 Å². The third-order valence-corrected chi connectivity index (χ3v) is 5.24. The van der Waals surface area contributed by atoms with Crippen LogP contribution in [0.3, 0.4) is 0 Å². The lowest BCUT2D eigenvalue weighted by Crippen LogP contribution is -2.40. The van der Waals surface area contributed by atoms with Crippen LogP contribution in [0.15, 0.2) is 29.2 Å². The summed E-state index contributed by atoms with van der Waals surface area (Å²) in [4.78, 5) is 28.2. The standard InChI is InChI=1S/C18H27N3O2S/c1-18(2,3)14-5-7-15(8-6-14)24-13-16(22)20-9-4-10-21(12-11-20)17(19)23/h5-8H,4,9-13H2,1-3H3,(H2,19,23). The van der Waals surface area contributed by atoms with Gasteiger partial charge in [0.05, 0.1) is 5.75 Å². The molecule has 2 rings (SSSR count). The van der Waals surface area contributed by atoms with Gasteiger partial charge in [0.25, 0.3) is 0 Å². The van der Waals surface area contributed by atoms with Crippen molar-refractivity contribution in [3.05, 3.63) is 29.8 Å². The highest BCUT2D eigenvalue weighted by Gasteiger charge is 2.20. The lowest BCUT2D eigenvalue weighted by molar-refractivity contribution is -0.128. The van der Waals surface area contributed by atoms with E-state index in [9.17, 15) is 9.59 Å². The fraction of sp³-hybridized carbons (Fsp3) is 0.556. The highest BCUT2D eigenvalue weighted by molar-refractivity contribution is 8.00. The van der Waals surface area contributed by atoms with Crippen molar-refractivity contribution in [1.29, 1.82) is 0 Å². The first kappa shape index (κ1) is 18.6. The summed E-state index contributed by atoms with van der Waals surface area (Å²) in [5.41, 5.74) is 6.74. The summed E-state index contributed by atoms with van der Waals surface area (Å²) in [6, 6.07) is 8.01. The summed E-state index contributed by atoms with van der Waals surface area (Å²) in [5.74, 6) is 0.539. The van der Waals surface area contributed by atoms with Gasteiger partial charge in [0, 0.05) is 31.1 Å². The Morgan fingerprint density at radius 1 is 1.04 bits per heavy atom. The number of hydrogen-bond acceptors (Lipinski definition) is 3. The number of urea groups is 1. The van der Waals surface area contributed by atoms with Crippen LogP contribution in [0.25, 0.3) is 0 Å². The third-order valence-electron chi connectivity index (χ3n) is 4.24. The first-order valence-corrected chi connectivity index (χ1v) is 9.31. The topological polar surface area (TPSA) is 66.6 Å². The Bertz CT molecular complexity index is 581. The molecule has 1 heterocycles. The average molecular weight is 350 g/mol. The van der Waals surface area contributed by atoms with Gasteiger partial charge in [0.2, 0.25) is 5.91 Å². The van der Waals surface area contributed by atoms with Gasteiger partial charge in [0.1, 0.15) is 0 Å². The fourth-order valence-corrected chi connectivity index (χ4v) is 3.48. The van der Waals surface area contributed by atoms with Crippen molar-refractivity contribution in [2.45, 2.75) is 37.5 Å². The van der Waals surface area contributed by atoms with Crippen LogP contribution in [-0.2, 0) is 10.2 Å². The van der Waals surface area contributed by atoms with E-state index in [0.717, 1.165) is 11.3 Å². The van der Waals surface area contributed by atoms with Gasteiger partial charge in [-0.15, -0.1) is 11.8 Å². The van der Waals surface area contributed by atoms with Crippen LogP contribution in [0.2, 0.25) is 0 Å². The minimum absolute atomic E-state index is 0.117. The maximum absolute atomic E-state index is 12.4. The molecule has 0 aromatic heterocycles. The van der Waals surface area contributed by atoms with Crippen molar-refractivity contribution >= 4 is 23.7 Å². The molecule has 5 nitrogen and oxygen atoms in total. The Morgan fingerprint density at radius 2 is 1.62 bits per heavy atom. The zero-order chi connectivity index (χ0) is 17.7. The van der Waals surface area contributed by atoms with E-state index in [2.05, 4.69) is 45.0 Å². The Balaban J connectivity index is 1.85. The van der Waals surface area contributed by atoms with Crippen LogP contribution in [0.4, 0.5) is 4.79 Å².